The van der Waals surface area contributed by atoms with Gasteiger partial charge >= 0.3 is 6.18 Å². The van der Waals surface area contributed by atoms with Crippen molar-refractivity contribution in [1.82, 2.24) is 19.7 Å². The molecule has 2 aromatic rings. The minimum atomic E-state index is -4.62. The number of alkyl halides is 3. The van der Waals surface area contributed by atoms with Crippen LogP contribution in [-0.2, 0) is 6.18 Å². The van der Waals surface area contributed by atoms with E-state index >= 15 is 0 Å². The van der Waals surface area contributed by atoms with E-state index in [1.165, 1.54) is 17.8 Å². The second-order valence-electron chi connectivity index (χ2n) is 4.08. The van der Waals surface area contributed by atoms with Crippen LogP contribution in [0.1, 0.15) is 17.2 Å². The third-order valence-corrected chi connectivity index (χ3v) is 3.79. The Hall–Kier alpha value is -1.64. The molecule has 0 aliphatic heterocycles. The molecule has 2 heterocycles. The Bertz CT molecular complexity index is 650. The van der Waals surface area contributed by atoms with E-state index in [0.717, 1.165) is 4.47 Å². The third kappa shape index (κ3) is 2.62. The standard InChI is InChI=1S/C11H11BrF3N5/c1-5-9(12)6(2)20(19-5)8-4-7(16-3)17-10(18-8)11(13,14)15/h4H,1-3H3,(H,16,17,18). The highest BCUT2D eigenvalue weighted by Crippen LogP contribution is 2.29. The van der Waals surface area contributed by atoms with Gasteiger partial charge in [0.15, 0.2) is 5.82 Å². The second-order valence-corrected chi connectivity index (χ2v) is 4.87. The van der Waals surface area contributed by atoms with E-state index in [4.69, 9.17) is 0 Å². The van der Waals surface area contributed by atoms with Gasteiger partial charge in [-0.2, -0.15) is 18.3 Å². The van der Waals surface area contributed by atoms with Crippen LogP contribution in [0, 0.1) is 13.8 Å². The van der Waals surface area contributed by atoms with E-state index < -0.39 is 12.0 Å². The van der Waals surface area contributed by atoms with Crippen molar-refractivity contribution in [2.45, 2.75) is 20.0 Å². The molecule has 1 N–H and O–H groups in total. The van der Waals surface area contributed by atoms with E-state index in [1.54, 1.807) is 13.8 Å². The summed E-state index contributed by atoms with van der Waals surface area (Å²) in [7, 11) is 1.49. The SMILES string of the molecule is CNc1cc(-n2nc(C)c(Br)c2C)nc(C(F)(F)F)n1. The number of rotatable bonds is 2. The van der Waals surface area contributed by atoms with E-state index in [1.807, 2.05) is 0 Å². The molecule has 0 amide bonds. The topological polar surface area (TPSA) is 55.6 Å². The van der Waals surface area contributed by atoms with Crippen LogP contribution in [0.25, 0.3) is 5.82 Å². The molecular weight excluding hydrogens is 339 g/mol. The first-order valence-corrected chi connectivity index (χ1v) is 6.39. The molecule has 0 spiro atoms. The molecule has 2 aromatic heterocycles. The van der Waals surface area contributed by atoms with Crippen LogP contribution in [0.2, 0.25) is 0 Å². The molecule has 2 rings (SSSR count). The molecule has 0 atom stereocenters. The summed E-state index contributed by atoms with van der Waals surface area (Å²) >= 11 is 3.33. The number of nitrogens with one attached hydrogen (secondary N) is 1. The fourth-order valence-electron chi connectivity index (χ4n) is 1.64. The maximum atomic E-state index is 12.8. The molecule has 5 nitrogen and oxygen atoms in total. The zero-order valence-electron chi connectivity index (χ0n) is 10.9. The normalized spacial score (nSPS) is 11.8. The number of nitrogens with zero attached hydrogens (tertiary/aromatic N) is 4. The largest absolute Gasteiger partial charge is 0.451 e. The van der Waals surface area contributed by atoms with Crippen molar-refractivity contribution in [2.75, 3.05) is 12.4 Å². The van der Waals surface area contributed by atoms with Gasteiger partial charge in [-0.1, -0.05) is 0 Å². The Morgan fingerprint density at radius 3 is 2.35 bits per heavy atom. The maximum Gasteiger partial charge on any atom is 0.451 e. The number of anilines is 1. The highest BCUT2D eigenvalue weighted by Gasteiger charge is 2.35. The van der Waals surface area contributed by atoms with E-state index in [-0.39, 0.29) is 11.6 Å². The molecular formula is C11H11BrF3N5. The molecule has 0 aliphatic carbocycles. The average Bonchev–Trinajstić information content (AvgIpc) is 2.65. The van der Waals surface area contributed by atoms with Crippen molar-refractivity contribution in [2.24, 2.45) is 0 Å². The van der Waals surface area contributed by atoms with Crippen molar-refractivity contribution in [1.29, 1.82) is 0 Å². The molecule has 0 fully saturated rings. The lowest BCUT2D eigenvalue weighted by Gasteiger charge is -2.10. The van der Waals surface area contributed by atoms with Crippen molar-refractivity contribution in [3.05, 3.63) is 27.8 Å². The van der Waals surface area contributed by atoms with Crippen molar-refractivity contribution in [3.8, 4) is 5.82 Å². The molecule has 0 bridgehead atoms. The van der Waals surface area contributed by atoms with Gasteiger partial charge in [0.25, 0.3) is 0 Å². The first-order chi connectivity index (χ1) is 9.24. The van der Waals surface area contributed by atoms with E-state index in [9.17, 15) is 13.2 Å². The smallest absolute Gasteiger partial charge is 0.373 e. The average molecular weight is 350 g/mol. The van der Waals surface area contributed by atoms with Gasteiger partial charge in [-0.25, -0.2) is 14.6 Å². The molecule has 108 valence electrons. The van der Waals surface area contributed by atoms with Crippen LogP contribution < -0.4 is 5.32 Å². The van der Waals surface area contributed by atoms with Gasteiger partial charge in [0, 0.05) is 13.1 Å². The van der Waals surface area contributed by atoms with Crippen molar-refractivity contribution in [3.63, 3.8) is 0 Å². The van der Waals surface area contributed by atoms with Crippen molar-refractivity contribution >= 4 is 21.7 Å². The van der Waals surface area contributed by atoms with Gasteiger partial charge in [-0.05, 0) is 29.8 Å². The fraction of sp³-hybridized carbons (Fsp3) is 0.364. The molecule has 0 saturated heterocycles. The number of halogens is 4. The maximum absolute atomic E-state index is 12.8. The Balaban J connectivity index is 2.64. The van der Waals surface area contributed by atoms with Gasteiger partial charge in [0.05, 0.1) is 15.9 Å². The third-order valence-electron chi connectivity index (χ3n) is 2.64. The summed E-state index contributed by atoms with van der Waals surface area (Å²) in [5, 5.41) is 6.75. The van der Waals surface area contributed by atoms with Gasteiger partial charge < -0.3 is 5.32 Å². The quantitative estimate of drug-likeness (QED) is 0.904. The first-order valence-electron chi connectivity index (χ1n) is 5.60. The molecule has 9 heteroatoms. The van der Waals surface area contributed by atoms with Crippen LogP contribution in [0.5, 0.6) is 0 Å². The van der Waals surface area contributed by atoms with E-state index in [0.29, 0.717) is 11.4 Å². The Kier molecular flexibility index (Phi) is 3.72. The summed E-state index contributed by atoms with van der Waals surface area (Å²) in [5.74, 6) is -1.07. The minimum absolute atomic E-state index is 0.0583. The Morgan fingerprint density at radius 2 is 1.90 bits per heavy atom. The lowest BCUT2D eigenvalue weighted by atomic mass is 10.4. The van der Waals surface area contributed by atoms with Crippen LogP contribution in [0.4, 0.5) is 19.0 Å². The summed E-state index contributed by atoms with van der Waals surface area (Å²) in [6.45, 7) is 3.48. The summed E-state index contributed by atoms with van der Waals surface area (Å²) < 4.78 is 40.5. The highest BCUT2D eigenvalue weighted by molar-refractivity contribution is 9.10. The summed E-state index contributed by atoms with van der Waals surface area (Å²) in [4.78, 5) is 6.95. The zero-order valence-corrected chi connectivity index (χ0v) is 12.5. The van der Waals surface area contributed by atoms with Crippen LogP contribution in [-0.4, -0.2) is 26.8 Å². The van der Waals surface area contributed by atoms with Crippen LogP contribution >= 0.6 is 15.9 Å². The lowest BCUT2D eigenvalue weighted by Crippen LogP contribution is -2.15. The Labute approximate surface area is 121 Å². The van der Waals surface area contributed by atoms with Gasteiger partial charge in [0.2, 0.25) is 5.82 Å². The predicted molar refractivity (Wildman–Crippen MR) is 70.9 cm³/mol. The summed E-state index contributed by atoms with van der Waals surface area (Å²) in [6, 6.07) is 1.40. The fourth-order valence-corrected chi connectivity index (χ4v) is 1.89. The van der Waals surface area contributed by atoms with E-state index in [2.05, 4.69) is 36.3 Å². The van der Waals surface area contributed by atoms with Gasteiger partial charge in [-0.3, -0.25) is 0 Å². The zero-order chi connectivity index (χ0) is 15.1. The summed E-state index contributed by atoms with van der Waals surface area (Å²) in [5.41, 5.74) is 1.33. The number of aryl methyl sites for hydroxylation is 1. The molecule has 0 unspecified atom stereocenters. The van der Waals surface area contributed by atoms with Crippen LogP contribution in [0.3, 0.4) is 0 Å². The first kappa shape index (κ1) is 14.8. The predicted octanol–water partition coefficient (Wildman–Crippen LogP) is 3.10. The van der Waals surface area contributed by atoms with Crippen LogP contribution in [0.15, 0.2) is 10.5 Å². The van der Waals surface area contributed by atoms with Crippen molar-refractivity contribution < 1.29 is 13.2 Å². The second kappa shape index (κ2) is 5.04. The van der Waals surface area contributed by atoms with Gasteiger partial charge in [0.1, 0.15) is 5.82 Å². The summed E-state index contributed by atoms with van der Waals surface area (Å²) in [6.07, 6.45) is -4.62. The number of aromatic nitrogens is 4. The minimum Gasteiger partial charge on any atom is -0.373 e. The van der Waals surface area contributed by atoms with Gasteiger partial charge in [-0.15, -0.1) is 0 Å². The molecule has 0 aliphatic rings. The number of hydrogen-bond donors (Lipinski definition) is 1. The Morgan fingerprint density at radius 1 is 1.25 bits per heavy atom. The molecule has 0 radical (unpaired) electrons. The highest BCUT2D eigenvalue weighted by atomic mass is 79.9. The monoisotopic (exact) mass is 349 g/mol. The molecule has 0 aromatic carbocycles. The lowest BCUT2D eigenvalue weighted by molar-refractivity contribution is -0.144. The number of hydrogen-bond acceptors (Lipinski definition) is 4. The molecule has 20 heavy (non-hydrogen) atoms. The molecule has 0 saturated carbocycles.